The van der Waals surface area contributed by atoms with E-state index in [1.807, 2.05) is 0 Å². The third-order valence-corrected chi connectivity index (χ3v) is 0.912. The van der Waals surface area contributed by atoms with E-state index in [-0.39, 0.29) is 38.2 Å². The maximum Gasteiger partial charge on any atom is 0.313 e. The van der Waals surface area contributed by atoms with Crippen LogP contribution in [0.4, 0.5) is 0 Å². The second kappa shape index (κ2) is 23.6. The molecule has 0 heterocycles. The largest absolute Gasteiger partial charge is 0.481 e. The topological polar surface area (TPSA) is 115 Å². The summed E-state index contributed by atoms with van der Waals surface area (Å²) in [7, 11) is 0. The summed E-state index contributed by atoms with van der Waals surface area (Å²) in [6.07, 6.45) is 0. The number of aliphatic carboxylic acids is 2. The van der Waals surface area contributed by atoms with Crippen LogP contribution in [0.2, 0.25) is 0 Å². The van der Waals surface area contributed by atoms with Gasteiger partial charge in [0.05, 0.1) is 24.7 Å². The Morgan fingerprint density at radius 3 is 1.00 bits per heavy atom. The number of hydrogen-bond donors (Lipinski definition) is 6. The minimum Gasteiger partial charge on any atom is -0.481 e. The Hall–Kier alpha value is -0.0900. The first-order chi connectivity index (χ1) is 6.45. The molecule has 4 N–H and O–H groups in total. The lowest BCUT2D eigenvalue weighted by Crippen LogP contribution is -1.92. The Balaban J connectivity index is -0.0000000590. The molecule has 0 aliphatic rings. The van der Waals surface area contributed by atoms with Crippen molar-refractivity contribution in [3.8, 4) is 0 Å². The van der Waals surface area contributed by atoms with Crippen molar-refractivity contribution in [3.63, 3.8) is 0 Å². The second-order valence-corrected chi connectivity index (χ2v) is 2.18. The third kappa shape index (κ3) is 81.8. The van der Waals surface area contributed by atoms with Gasteiger partial charge in [-0.1, -0.05) is 0 Å². The standard InChI is InChI=1S/2C2H4O2S.C2H6O2.H2S/c2*3-2(4)1-5;3-1-2-4;/h2*5H,1H2,(H,3,4);3-4H,1-2H2;1H2. The normalized spacial score (nSPS) is 6.93. The number of carboxylic acids is 2. The number of hydrogen-bond acceptors (Lipinski definition) is 6. The number of carbonyl (C=O) groups is 2. The smallest absolute Gasteiger partial charge is 0.313 e. The Labute approximate surface area is 106 Å². The lowest BCUT2D eigenvalue weighted by atomic mass is 10.8. The van der Waals surface area contributed by atoms with E-state index in [9.17, 15) is 9.59 Å². The van der Waals surface area contributed by atoms with Crippen LogP contribution in [0.1, 0.15) is 0 Å². The molecule has 0 unspecified atom stereocenters. The van der Waals surface area contributed by atoms with Gasteiger partial charge in [0.15, 0.2) is 0 Å². The molecule has 0 spiro atoms. The molecule has 0 rings (SSSR count). The first-order valence-corrected chi connectivity index (χ1v) is 4.59. The van der Waals surface area contributed by atoms with Gasteiger partial charge in [-0.15, -0.1) is 0 Å². The Morgan fingerprint density at radius 2 is 1.00 bits per heavy atom. The molecule has 0 bridgehead atoms. The van der Waals surface area contributed by atoms with Crippen LogP contribution < -0.4 is 0 Å². The SMILES string of the molecule is O=C(O)CS.O=C(O)CS.OCCO.S. The maximum absolute atomic E-state index is 9.29. The van der Waals surface area contributed by atoms with Crippen molar-refractivity contribution in [2.75, 3.05) is 24.7 Å². The fourth-order valence-electron chi connectivity index (χ4n) is 0. The van der Waals surface area contributed by atoms with Crippen molar-refractivity contribution in [3.05, 3.63) is 0 Å². The fraction of sp³-hybridized carbons (Fsp3) is 0.667. The van der Waals surface area contributed by atoms with E-state index in [1.165, 1.54) is 0 Å². The van der Waals surface area contributed by atoms with E-state index < -0.39 is 11.9 Å². The van der Waals surface area contributed by atoms with Crippen LogP contribution >= 0.6 is 38.8 Å². The fourth-order valence-corrected chi connectivity index (χ4v) is 0. The average Bonchev–Trinajstić information content (AvgIpc) is 2.19. The predicted octanol–water partition coefficient (Wildman–Crippen LogP) is -0.915. The third-order valence-electron chi connectivity index (χ3n) is 0.371. The minimum absolute atomic E-state index is 0. The van der Waals surface area contributed by atoms with Crippen molar-refractivity contribution in [2.45, 2.75) is 0 Å². The summed E-state index contributed by atoms with van der Waals surface area (Å²) in [5.74, 6) is -1.93. The molecule has 0 saturated heterocycles. The van der Waals surface area contributed by atoms with Gasteiger partial charge in [-0.2, -0.15) is 38.8 Å². The molecule has 15 heavy (non-hydrogen) atoms. The summed E-state index contributed by atoms with van der Waals surface area (Å²) in [5.41, 5.74) is 0. The van der Waals surface area contributed by atoms with Crippen molar-refractivity contribution in [1.29, 1.82) is 0 Å². The van der Waals surface area contributed by atoms with Crippen molar-refractivity contribution < 1.29 is 30.0 Å². The Morgan fingerprint density at radius 1 is 0.867 bits per heavy atom. The summed E-state index contributed by atoms with van der Waals surface area (Å²) < 4.78 is 0. The first kappa shape index (κ1) is 24.2. The molecule has 0 fully saturated rings. The van der Waals surface area contributed by atoms with Crippen LogP contribution in [-0.2, 0) is 9.59 Å². The zero-order chi connectivity index (χ0) is 12.0. The van der Waals surface area contributed by atoms with Gasteiger partial charge in [-0.25, -0.2) is 0 Å². The lowest BCUT2D eigenvalue weighted by Gasteiger charge is -1.71. The molecular formula is C6H16O6S3. The highest BCUT2D eigenvalue weighted by atomic mass is 32.1. The second-order valence-electron chi connectivity index (χ2n) is 1.55. The summed E-state index contributed by atoms with van der Waals surface area (Å²) in [6.45, 7) is -0.250. The number of thiol groups is 2. The molecule has 0 atom stereocenters. The van der Waals surface area contributed by atoms with E-state index in [2.05, 4.69) is 25.3 Å². The van der Waals surface area contributed by atoms with E-state index in [0.717, 1.165) is 0 Å². The van der Waals surface area contributed by atoms with Gasteiger partial charge in [-0.3, -0.25) is 9.59 Å². The van der Waals surface area contributed by atoms with Crippen molar-refractivity contribution in [2.24, 2.45) is 0 Å². The minimum atomic E-state index is -0.881. The number of carboxylic acid groups (broad SMARTS) is 2. The summed E-state index contributed by atoms with van der Waals surface area (Å²) >= 11 is 6.83. The van der Waals surface area contributed by atoms with Gasteiger partial charge in [0, 0.05) is 0 Å². The van der Waals surface area contributed by atoms with Gasteiger partial charge < -0.3 is 20.4 Å². The summed E-state index contributed by atoms with van der Waals surface area (Å²) in [6, 6.07) is 0. The van der Waals surface area contributed by atoms with E-state index >= 15 is 0 Å². The van der Waals surface area contributed by atoms with Gasteiger partial charge in [-0.05, 0) is 0 Å². The monoisotopic (exact) mass is 280 g/mol. The summed E-state index contributed by atoms with van der Waals surface area (Å²) in [4.78, 5) is 18.6. The van der Waals surface area contributed by atoms with Crippen LogP contribution in [0.3, 0.4) is 0 Å². The van der Waals surface area contributed by atoms with E-state index in [1.54, 1.807) is 0 Å². The molecule has 0 amide bonds. The molecular weight excluding hydrogens is 264 g/mol. The number of aliphatic hydroxyl groups excluding tert-OH is 2. The molecule has 0 aliphatic carbocycles. The molecule has 94 valence electrons. The molecule has 0 aromatic heterocycles. The van der Waals surface area contributed by atoms with Gasteiger partial charge in [0.1, 0.15) is 0 Å². The lowest BCUT2D eigenvalue weighted by molar-refractivity contribution is -0.134. The van der Waals surface area contributed by atoms with Gasteiger partial charge >= 0.3 is 11.9 Å². The van der Waals surface area contributed by atoms with Crippen LogP contribution in [0.5, 0.6) is 0 Å². The number of rotatable bonds is 3. The summed E-state index contributed by atoms with van der Waals surface area (Å²) in [5, 5.41) is 30.5. The van der Waals surface area contributed by atoms with Gasteiger partial charge in [0.2, 0.25) is 0 Å². The zero-order valence-electron chi connectivity index (χ0n) is 7.83. The van der Waals surface area contributed by atoms with Crippen molar-refractivity contribution >= 4 is 50.7 Å². The highest BCUT2D eigenvalue weighted by molar-refractivity contribution is 7.81. The van der Waals surface area contributed by atoms with Crippen LogP contribution in [0.25, 0.3) is 0 Å². The van der Waals surface area contributed by atoms with E-state index in [0.29, 0.717) is 0 Å². The zero-order valence-corrected chi connectivity index (χ0v) is 10.6. The highest BCUT2D eigenvalue weighted by Gasteiger charge is 1.82. The molecule has 0 aliphatic heterocycles. The number of aliphatic hydroxyl groups is 2. The molecule has 0 radical (unpaired) electrons. The quantitative estimate of drug-likeness (QED) is 0.373. The van der Waals surface area contributed by atoms with E-state index in [4.69, 9.17) is 20.4 Å². The Kier molecular flexibility index (Phi) is 38.1. The molecule has 9 heteroatoms. The Bertz CT molecular complexity index is 127. The van der Waals surface area contributed by atoms with Crippen LogP contribution in [0, 0.1) is 0 Å². The molecule has 0 aromatic rings. The molecule has 0 saturated carbocycles. The molecule has 0 aromatic carbocycles. The van der Waals surface area contributed by atoms with Crippen LogP contribution in [-0.4, -0.2) is 57.1 Å². The van der Waals surface area contributed by atoms with Crippen molar-refractivity contribution in [1.82, 2.24) is 0 Å². The first-order valence-electron chi connectivity index (χ1n) is 3.33. The molecule has 6 nitrogen and oxygen atoms in total. The average molecular weight is 280 g/mol. The van der Waals surface area contributed by atoms with Gasteiger partial charge in [0.25, 0.3) is 0 Å². The maximum atomic E-state index is 9.29. The highest BCUT2D eigenvalue weighted by Crippen LogP contribution is 1.66. The predicted molar refractivity (Wildman–Crippen MR) is 67.5 cm³/mol. The van der Waals surface area contributed by atoms with Crippen LogP contribution in [0.15, 0.2) is 0 Å².